The molecule has 3 fully saturated rings. The molecule has 3 nitrogen and oxygen atoms in total. The second-order valence-electron chi connectivity index (χ2n) is 6.27. The molecule has 0 spiro atoms. The van der Waals surface area contributed by atoms with Gasteiger partial charge in [-0.15, -0.1) is 0 Å². The molecule has 0 aromatic rings. The van der Waals surface area contributed by atoms with Gasteiger partial charge >= 0.3 is 0 Å². The third-order valence-corrected chi connectivity index (χ3v) is 5.29. The number of carbonyl (C=O) groups excluding carboxylic acids is 1. The number of amides is 1. The average Bonchev–Trinajstić information content (AvgIpc) is 2.75. The number of rotatable bonds is 5. The maximum atomic E-state index is 11.8. The first-order valence-corrected chi connectivity index (χ1v) is 7.23. The third-order valence-electron chi connectivity index (χ3n) is 5.29. The van der Waals surface area contributed by atoms with E-state index < -0.39 is 0 Å². The lowest BCUT2D eigenvalue weighted by atomic mass is 10.0. The normalized spacial score (nSPS) is 43.3. The highest BCUT2D eigenvalue weighted by molar-refractivity contribution is 5.79. The van der Waals surface area contributed by atoms with Gasteiger partial charge in [-0.3, -0.25) is 4.79 Å². The van der Waals surface area contributed by atoms with E-state index in [4.69, 9.17) is 0 Å². The van der Waals surface area contributed by atoms with Crippen LogP contribution in [-0.4, -0.2) is 24.5 Å². The van der Waals surface area contributed by atoms with Crippen molar-refractivity contribution >= 4 is 5.91 Å². The van der Waals surface area contributed by atoms with E-state index in [9.17, 15) is 4.79 Å². The van der Waals surface area contributed by atoms with Crippen molar-refractivity contribution in [2.75, 3.05) is 6.54 Å². The minimum atomic E-state index is 0.198. The van der Waals surface area contributed by atoms with E-state index in [1.165, 1.54) is 19.3 Å². The second-order valence-corrected chi connectivity index (χ2v) is 6.27. The zero-order valence-corrected chi connectivity index (χ0v) is 10.9. The highest BCUT2D eigenvalue weighted by Gasteiger charge is 2.65. The van der Waals surface area contributed by atoms with Crippen LogP contribution in [0.3, 0.4) is 0 Å². The first kappa shape index (κ1) is 11.5. The quantitative estimate of drug-likeness (QED) is 0.760. The Bertz CT molecular complexity index is 301. The van der Waals surface area contributed by atoms with Crippen molar-refractivity contribution in [2.24, 2.45) is 23.7 Å². The van der Waals surface area contributed by atoms with Gasteiger partial charge in [0.15, 0.2) is 0 Å². The smallest absolute Gasteiger partial charge is 0.234 e. The van der Waals surface area contributed by atoms with Gasteiger partial charge in [0.05, 0.1) is 6.54 Å². The molecule has 5 atom stereocenters. The van der Waals surface area contributed by atoms with Gasteiger partial charge < -0.3 is 10.6 Å². The molecule has 0 saturated heterocycles. The molecule has 2 bridgehead atoms. The van der Waals surface area contributed by atoms with Crippen LogP contribution in [0.25, 0.3) is 0 Å². The van der Waals surface area contributed by atoms with Crippen LogP contribution in [0.2, 0.25) is 0 Å². The highest BCUT2D eigenvalue weighted by atomic mass is 16.2. The summed E-state index contributed by atoms with van der Waals surface area (Å²) in [5.41, 5.74) is 0. The van der Waals surface area contributed by atoms with E-state index in [-0.39, 0.29) is 5.91 Å². The zero-order chi connectivity index (χ0) is 12.0. The molecular weight excluding hydrogens is 212 g/mol. The third kappa shape index (κ3) is 1.99. The van der Waals surface area contributed by atoms with Gasteiger partial charge in [-0.2, -0.15) is 0 Å². The Balaban J connectivity index is 1.42. The fourth-order valence-corrected chi connectivity index (χ4v) is 4.17. The number of hydrogen-bond donors (Lipinski definition) is 2. The minimum Gasteiger partial charge on any atom is -0.352 e. The lowest BCUT2D eigenvalue weighted by molar-refractivity contribution is -0.120. The van der Waals surface area contributed by atoms with E-state index in [2.05, 4.69) is 24.5 Å². The maximum absolute atomic E-state index is 11.8. The van der Waals surface area contributed by atoms with Crippen molar-refractivity contribution in [3.8, 4) is 0 Å². The molecule has 3 saturated carbocycles. The Morgan fingerprint density at radius 1 is 1.29 bits per heavy atom. The van der Waals surface area contributed by atoms with Gasteiger partial charge in [0.2, 0.25) is 5.91 Å². The highest BCUT2D eigenvalue weighted by Crippen LogP contribution is 2.65. The summed E-state index contributed by atoms with van der Waals surface area (Å²) in [4.78, 5) is 11.8. The second kappa shape index (κ2) is 4.27. The van der Waals surface area contributed by atoms with Crippen molar-refractivity contribution in [3.63, 3.8) is 0 Å². The van der Waals surface area contributed by atoms with Crippen molar-refractivity contribution in [3.05, 3.63) is 0 Å². The van der Waals surface area contributed by atoms with Crippen LogP contribution in [0.5, 0.6) is 0 Å². The Morgan fingerprint density at radius 3 is 2.53 bits per heavy atom. The van der Waals surface area contributed by atoms with Gasteiger partial charge in [-0.05, 0) is 56.3 Å². The molecule has 3 aliphatic carbocycles. The monoisotopic (exact) mass is 236 g/mol. The summed E-state index contributed by atoms with van der Waals surface area (Å²) in [7, 11) is 0. The predicted octanol–water partition coefficient (Wildman–Crippen LogP) is 1.54. The van der Waals surface area contributed by atoms with Crippen LogP contribution in [0.4, 0.5) is 0 Å². The van der Waals surface area contributed by atoms with Crippen molar-refractivity contribution in [1.82, 2.24) is 10.6 Å². The topological polar surface area (TPSA) is 41.1 Å². The Hall–Kier alpha value is -0.570. The molecule has 0 aromatic heterocycles. The summed E-state index contributed by atoms with van der Waals surface area (Å²) in [5, 5.41) is 6.49. The lowest BCUT2D eigenvalue weighted by Gasteiger charge is -2.13. The Morgan fingerprint density at radius 2 is 1.94 bits per heavy atom. The molecule has 0 aliphatic heterocycles. The molecule has 5 unspecified atom stereocenters. The van der Waals surface area contributed by atoms with Gasteiger partial charge in [0.1, 0.15) is 0 Å². The molecule has 1 amide bonds. The molecule has 17 heavy (non-hydrogen) atoms. The molecular formula is C14H24N2O. The number of nitrogens with one attached hydrogen (secondary N) is 2. The molecule has 3 aliphatic rings. The summed E-state index contributed by atoms with van der Waals surface area (Å²) in [5.74, 6) is 3.78. The van der Waals surface area contributed by atoms with Crippen molar-refractivity contribution in [2.45, 2.75) is 51.6 Å². The van der Waals surface area contributed by atoms with Crippen LogP contribution in [0, 0.1) is 23.7 Å². The summed E-state index contributed by atoms with van der Waals surface area (Å²) in [6.45, 7) is 4.75. The fraction of sp³-hybridized carbons (Fsp3) is 0.929. The molecule has 2 N–H and O–H groups in total. The zero-order valence-electron chi connectivity index (χ0n) is 10.9. The van der Waals surface area contributed by atoms with E-state index in [1.807, 2.05) is 0 Å². The SMILES string of the molecule is CCC(C)NCC(=O)NC1C2C3CCC(C3)C12. The summed E-state index contributed by atoms with van der Waals surface area (Å²) < 4.78 is 0. The first-order chi connectivity index (χ1) is 8.20. The average molecular weight is 236 g/mol. The molecule has 3 heteroatoms. The molecule has 0 aromatic carbocycles. The number of fused-ring (bicyclic) bond motifs is 5. The predicted molar refractivity (Wildman–Crippen MR) is 67.5 cm³/mol. The maximum Gasteiger partial charge on any atom is 0.234 e. The number of hydrogen-bond acceptors (Lipinski definition) is 2. The summed E-state index contributed by atoms with van der Waals surface area (Å²) in [6.07, 6.45) is 5.37. The van der Waals surface area contributed by atoms with Crippen molar-refractivity contribution < 1.29 is 4.79 Å². The molecule has 96 valence electrons. The fourth-order valence-electron chi connectivity index (χ4n) is 4.17. The summed E-state index contributed by atoms with van der Waals surface area (Å²) in [6, 6.07) is 0.975. The van der Waals surface area contributed by atoms with Crippen LogP contribution in [0.1, 0.15) is 39.5 Å². The van der Waals surface area contributed by atoms with E-state index >= 15 is 0 Å². The lowest BCUT2D eigenvalue weighted by Crippen LogP contribution is -2.40. The van der Waals surface area contributed by atoms with Gasteiger partial charge in [-0.1, -0.05) is 6.92 Å². The van der Waals surface area contributed by atoms with Gasteiger partial charge in [0.25, 0.3) is 0 Å². The van der Waals surface area contributed by atoms with Gasteiger partial charge in [0, 0.05) is 12.1 Å². The van der Waals surface area contributed by atoms with Crippen LogP contribution >= 0.6 is 0 Å². The minimum absolute atomic E-state index is 0.198. The van der Waals surface area contributed by atoms with Crippen LogP contribution in [-0.2, 0) is 4.79 Å². The number of carbonyl (C=O) groups is 1. The Labute approximate surface area is 104 Å². The standard InChI is InChI=1S/C14H24N2O/c1-3-8(2)15-7-11(17)16-14-12-9-4-5-10(6-9)13(12)14/h8-10,12-15H,3-7H2,1-2H3,(H,16,17). The van der Waals surface area contributed by atoms with Gasteiger partial charge in [-0.25, -0.2) is 0 Å². The molecule has 0 heterocycles. The van der Waals surface area contributed by atoms with Crippen LogP contribution < -0.4 is 10.6 Å². The largest absolute Gasteiger partial charge is 0.352 e. The molecule has 0 radical (unpaired) electrons. The van der Waals surface area contributed by atoms with E-state index in [0.29, 0.717) is 18.6 Å². The van der Waals surface area contributed by atoms with E-state index in [0.717, 1.165) is 30.1 Å². The first-order valence-electron chi connectivity index (χ1n) is 7.23. The molecule has 3 rings (SSSR count). The van der Waals surface area contributed by atoms with E-state index in [1.54, 1.807) is 0 Å². The van der Waals surface area contributed by atoms with Crippen molar-refractivity contribution in [1.29, 1.82) is 0 Å². The summed E-state index contributed by atoms with van der Waals surface area (Å²) >= 11 is 0. The Kier molecular flexibility index (Phi) is 2.89. The van der Waals surface area contributed by atoms with Crippen LogP contribution in [0.15, 0.2) is 0 Å².